The number of sulfonamides is 1. The summed E-state index contributed by atoms with van der Waals surface area (Å²) in [5.74, 6) is -1.54. The van der Waals surface area contributed by atoms with Gasteiger partial charge in [-0.15, -0.1) is 0 Å². The number of fused-ring (bicyclic) bond motifs is 1. The predicted molar refractivity (Wildman–Crippen MR) is 126 cm³/mol. The molecule has 0 bridgehead atoms. The summed E-state index contributed by atoms with van der Waals surface area (Å²) in [4.78, 5) is 29.9. The van der Waals surface area contributed by atoms with Gasteiger partial charge in [0.15, 0.2) is 0 Å². The van der Waals surface area contributed by atoms with Crippen molar-refractivity contribution >= 4 is 22.0 Å². The van der Waals surface area contributed by atoms with Gasteiger partial charge >= 0.3 is 6.03 Å². The fourth-order valence-electron chi connectivity index (χ4n) is 5.28. The molecule has 12 heteroatoms. The van der Waals surface area contributed by atoms with Crippen LogP contribution in [0.3, 0.4) is 0 Å². The van der Waals surface area contributed by atoms with Gasteiger partial charge in [0.2, 0.25) is 15.9 Å². The number of rotatable bonds is 8. The molecule has 5 rings (SSSR count). The Kier molecular flexibility index (Phi) is 6.36. The Labute approximate surface area is 208 Å². The molecule has 1 aromatic heterocycles. The molecule has 194 valence electrons. The van der Waals surface area contributed by atoms with Crippen molar-refractivity contribution in [3.63, 3.8) is 0 Å². The number of amides is 3. The molecule has 3 unspecified atom stereocenters. The maximum absolute atomic E-state index is 13.6. The van der Waals surface area contributed by atoms with Crippen LogP contribution < -0.4 is 4.72 Å². The summed E-state index contributed by atoms with van der Waals surface area (Å²) in [6.07, 6.45) is 4.80. The molecule has 36 heavy (non-hydrogen) atoms. The number of nitrogens with one attached hydrogen (secondary N) is 1. The molecule has 2 heterocycles. The summed E-state index contributed by atoms with van der Waals surface area (Å²) in [7, 11) is -2.12. The lowest BCUT2D eigenvalue weighted by Gasteiger charge is -2.48. The second-order valence-corrected chi connectivity index (χ2v) is 12.1. The third-order valence-corrected chi connectivity index (χ3v) is 9.52. The Balaban J connectivity index is 1.42. The minimum Gasteiger partial charge on any atom is -0.316 e. The average molecular weight is 522 g/mol. The standard InChI is InChI=1S/C24H29F2N5O4S/c1-29-12-17(11-27-29)14-31-22(32)20-10-19(36(34,35)28-24(15-25)8-9-24)6-7-21(20)30(23(31)33)13-16-2-4-18(26)5-3-16/h2-5,11-12,19-21,28H,6-10,13-15H2,1H3. The maximum Gasteiger partial charge on any atom is 0.327 e. The van der Waals surface area contributed by atoms with Gasteiger partial charge in [0.25, 0.3) is 0 Å². The third-order valence-electron chi connectivity index (χ3n) is 7.50. The van der Waals surface area contributed by atoms with E-state index in [1.807, 2.05) is 0 Å². The van der Waals surface area contributed by atoms with E-state index in [0.717, 1.165) is 4.90 Å². The highest BCUT2D eigenvalue weighted by Crippen LogP contribution is 2.41. The Morgan fingerprint density at radius 2 is 1.83 bits per heavy atom. The van der Waals surface area contributed by atoms with Crippen molar-refractivity contribution in [1.82, 2.24) is 24.3 Å². The minimum atomic E-state index is -3.85. The number of aromatic nitrogens is 2. The average Bonchev–Trinajstić information content (AvgIpc) is 3.50. The van der Waals surface area contributed by atoms with Crippen molar-refractivity contribution in [2.24, 2.45) is 13.0 Å². The van der Waals surface area contributed by atoms with E-state index in [9.17, 15) is 26.8 Å². The monoisotopic (exact) mass is 521 g/mol. The number of benzene rings is 1. The summed E-state index contributed by atoms with van der Waals surface area (Å²) in [6, 6.07) is 4.85. The van der Waals surface area contributed by atoms with Gasteiger partial charge in [-0.3, -0.25) is 14.4 Å². The molecule has 3 aliphatic rings. The van der Waals surface area contributed by atoms with Gasteiger partial charge < -0.3 is 4.90 Å². The Hall–Kier alpha value is -2.86. The number of alkyl halides is 1. The second kappa shape index (κ2) is 9.22. The summed E-state index contributed by atoms with van der Waals surface area (Å²) >= 11 is 0. The summed E-state index contributed by atoms with van der Waals surface area (Å²) in [5, 5.41) is 3.25. The molecule has 2 aliphatic carbocycles. The van der Waals surface area contributed by atoms with Crippen LogP contribution in [0.1, 0.15) is 43.2 Å². The first-order chi connectivity index (χ1) is 17.1. The fourth-order valence-corrected chi connectivity index (χ4v) is 7.22. The lowest BCUT2D eigenvalue weighted by atomic mass is 9.80. The van der Waals surface area contributed by atoms with E-state index in [2.05, 4.69) is 9.82 Å². The second-order valence-electron chi connectivity index (χ2n) is 10.2. The van der Waals surface area contributed by atoms with E-state index in [1.54, 1.807) is 41.2 Å². The SMILES string of the molecule is Cn1cc(CN2C(=O)C3CC(S(=O)(=O)NC4(CF)CC4)CCC3N(Cc3ccc(F)cc3)C2=O)cn1. The molecular weight excluding hydrogens is 492 g/mol. The highest BCUT2D eigenvalue weighted by molar-refractivity contribution is 7.90. The van der Waals surface area contributed by atoms with E-state index >= 15 is 0 Å². The normalized spacial score (nSPS) is 25.7. The van der Waals surface area contributed by atoms with Gasteiger partial charge in [-0.2, -0.15) is 5.10 Å². The van der Waals surface area contributed by atoms with Crippen LogP contribution in [-0.4, -0.2) is 63.4 Å². The number of urea groups is 1. The lowest BCUT2D eigenvalue weighted by molar-refractivity contribution is -0.141. The van der Waals surface area contributed by atoms with Crippen LogP contribution in [0.25, 0.3) is 0 Å². The largest absolute Gasteiger partial charge is 0.327 e. The molecule has 1 saturated heterocycles. The van der Waals surface area contributed by atoms with Crippen molar-refractivity contribution in [3.05, 3.63) is 53.6 Å². The third kappa shape index (κ3) is 4.75. The molecule has 2 saturated carbocycles. The molecule has 0 spiro atoms. The van der Waals surface area contributed by atoms with Crippen molar-refractivity contribution in [2.45, 2.75) is 62.0 Å². The molecule has 1 aromatic carbocycles. The molecule has 0 radical (unpaired) electrons. The van der Waals surface area contributed by atoms with Crippen LogP contribution >= 0.6 is 0 Å². The summed E-state index contributed by atoms with van der Waals surface area (Å²) in [6.45, 7) is -0.588. The van der Waals surface area contributed by atoms with Gasteiger partial charge in [0.05, 0.1) is 29.4 Å². The predicted octanol–water partition coefficient (Wildman–Crippen LogP) is 2.48. The highest BCUT2D eigenvalue weighted by atomic mass is 32.2. The van der Waals surface area contributed by atoms with Crippen LogP contribution in [0.15, 0.2) is 36.7 Å². The topological polar surface area (TPSA) is 105 Å². The number of hydrogen-bond acceptors (Lipinski definition) is 5. The number of halogens is 2. The van der Waals surface area contributed by atoms with Crippen LogP contribution in [0.5, 0.6) is 0 Å². The first-order valence-corrected chi connectivity index (χ1v) is 13.6. The van der Waals surface area contributed by atoms with Crippen LogP contribution in [0, 0.1) is 11.7 Å². The first-order valence-electron chi connectivity index (χ1n) is 12.0. The fraction of sp³-hybridized carbons (Fsp3) is 0.542. The number of nitrogens with zero attached hydrogens (tertiary/aromatic N) is 4. The summed E-state index contributed by atoms with van der Waals surface area (Å²) < 4.78 is 57.1. The molecule has 1 N–H and O–H groups in total. The lowest BCUT2D eigenvalue weighted by Crippen LogP contribution is -2.63. The number of aryl methyl sites for hydroxylation is 1. The van der Waals surface area contributed by atoms with Crippen LogP contribution in [0.4, 0.5) is 13.6 Å². The van der Waals surface area contributed by atoms with Crippen molar-refractivity contribution in [3.8, 4) is 0 Å². The Morgan fingerprint density at radius 3 is 2.44 bits per heavy atom. The molecule has 3 amide bonds. The number of imide groups is 1. The van der Waals surface area contributed by atoms with E-state index < -0.39 is 57.2 Å². The highest BCUT2D eigenvalue weighted by Gasteiger charge is 2.53. The Bertz CT molecular complexity index is 1260. The molecular formula is C24H29F2N5O4S. The van der Waals surface area contributed by atoms with E-state index in [0.29, 0.717) is 30.4 Å². The smallest absolute Gasteiger partial charge is 0.316 e. The van der Waals surface area contributed by atoms with E-state index in [-0.39, 0.29) is 25.9 Å². The number of carbonyl (C=O) groups excluding carboxylic acids is 2. The zero-order chi connectivity index (χ0) is 25.7. The van der Waals surface area contributed by atoms with Gasteiger partial charge in [0.1, 0.15) is 12.5 Å². The van der Waals surface area contributed by atoms with Crippen molar-refractivity contribution < 1.29 is 26.8 Å². The van der Waals surface area contributed by atoms with Crippen molar-refractivity contribution in [2.75, 3.05) is 6.67 Å². The Morgan fingerprint density at radius 1 is 1.11 bits per heavy atom. The van der Waals surface area contributed by atoms with E-state index in [4.69, 9.17) is 0 Å². The minimum absolute atomic E-state index is 0.00920. The summed E-state index contributed by atoms with van der Waals surface area (Å²) in [5.41, 5.74) is 0.359. The molecule has 3 fully saturated rings. The van der Waals surface area contributed by atoms with E-state index in [1.165, 1.54) is 12.1 Å². The zero-order valence-corrected chi connectivity index (χ0v) is 20.8. The van der Waals surface area contributed by atoms with Gasteiger partial charge in [0, 0.05) is 31.4 Å². The van der Waals surface area contributed by atoms with Crippen LogP contribution in [-0.2, 0) is 35.0 Å². The van der Waals surface area contributed by atoms with Gasteiger partial charge in [-0.05, 0) is 49.8 Å². The number of hydrogen-bond donors (Lipinski definition) is 1. The molecule has 9 nitrogen and oxygen atoms in total. The van der Waals surface area contributed by atoms with Gasteiger partial charge in [-0.25, -0.2) is 26.7 Å². The van der Waals surface area contributed by atoms with Crippen LogP contribution in [0.2, 0.25) is 0 Å². The molecule has 2 aromatic rings. The van der Waals surface area contributed by atoms with Gasteiger partial charge in [-0.1, -0.05) is 12.1 Å². The maximum atomic E-state index is 13.6. The molecule has 1 aliphatic heterocycles. The quantitative estimate of drug-likeness (QED) is 0.575. The molecule has 3 atom stereocenters. The zero-order valence-electron chi connectivity index (χ0n) is 19.9. The van der Waals surface area contributed by atoms with Crippen molar-refractivity contribution in [1.29, 1.82) is 0 Å². The number of carbonyl (C=O) groups is 2. The first kappa shape index (κ1) is 24.8.